The first-order valence-corrected chi connectivity index (χ1v) is 7.90. The summed E-state index contributed by atoms with van der Waals surface area (Å²) >= 11 is 3.16. The summed E-state index contributed by atoms with van der Waals surface area (Å²) in [5.74, 6) is -0.138. The van der Waals surface area contributed by atoms with E-state index in [0.29, 0.717) is 10.9 Å². The van der Waals surface area contributed by atoms with Crippen molar-refractivity contribution in [3.8, 4) is 5.75 Å². The van der Waals surface area contributed by atoms with E-state index < -0.39 is 11.7 Å². The first-order chi connectivity index (χ1) is 9.71. The lowest BCUT2D eigenvalue weighted by molar-refractivity contribution is -0.139. The molecule has 0 bridgehead atoms. The molecule has 0 amide bonds. The van der Waals surface area contributed by atoms with E-state index in [2.05, 4.69) is 15.9 Å². The van der Waals surface area contributed by atoms with E-state index in [-0.39, 0.29) is 24.1 Å². The fourth-order valence-corrected chi connectivity index (χ4v) is 2.73. The molecule has 1 aromatic rings. The van der Waals surface area contributed by atoms with Crippen LogP contribution in [0.15, 0.2) is 18.2 Å². The van der Waals surface area contributed by atoms with Crippen LogP contribution in [-0.4, -0.2) is 18.3 Å². The molecule has 2 nitrogen and oxygen atoms in total. The molecule has 0 aromatic heterocycles. The van der Waals surface area contributed by atoms with Crippen molar-refractivity contribution in [1.29, 1.82) is 0 Å². The highest BCUT2D eigenvalue weighted by Crippen LogP contribution is 2.38. The van der Waals surface area contributed by atoms with E-state index in [1.807, 2.05) is 13.8 Å². The average Bonchev–Trinajstić information content (AvgIpc) is 2.74. The zero-order valence-corrected chi connectivity index (χ0v) is 13.6. The SMILES string of the molecule is CC1(C)CCC(COc2ccc(CBr)cc2C(F)(F)F)O1. The van der Waals surface area contributed by atoms with Gasteiger partial charge in [0.15, 0.2) is 0 Å². The molecule has 6 heteroatoms. The summed E-state index contributed by atoms with van der Waals surface area (Å²) in [6.07, 6.45) is -2.90. The molecule has 1 saturated heterocycles. The third kappa shape index (κ3) is 4.36. The lowest BCUT2D eigenvalue weighted by Gasteiger charge is -2.20. The minimum absolute atomic E-state index is 0.138. The van der Waals surface area contributed by atoms with E-state index in [9.17, 15) is 13.2 Å². The summed E-state index contributed by atoms with van der Waals surface area (Å²) in [6, 6.07) is 4.11. The number of benzene rings is 1. The summed E-state index contributed by atoms with van der Waals surface area (Å²) in [4.78, 5) is 0. The second-order valence-electron chi connectivity index (χ2n) is 5.81. The van der Waals surface area contributed by atoms with Crippen LogP contribution in [0.1, 0.15) is 37.8 Å². The first kappa shape index (κ1) is 16.6. The molecule has 0 saturated carbocycles. The number of hydrogen-bond acceptors (Lipinski definition) is 2. The zero-order chi connectivity index (χ0) is 15.7. The second-order valence-corrected chi connectivity index (χ2v) is 6.37. The molecule has 1 atom stereocenters. The maximum atomic E-state index is 13.1. The third-order valence-electron chi connectivity index (χ3n) is 3.48. The van der Waals surface area contributed by atoms with Gasteiger partial charge in [0.25, 0.3) is 0 Å². The Hall–Kier alpha value is -0.750. The third-order valence-corrected chi connectivity index (χ3v) is 4.13. The predicted molar refractivity (Wildman–Crippen MR) is 77.8 cm³/mol. The van der Waals surface area contributed by atoms with Crippen LogP contribution in [0.25, 0.3) is 0 Å². The van der Waals surface area contributed by atoms with Crippen LogP contribution >= 0.6 is 15.9 Å². The molecule has 0 N–H and O–H groups in total. The smallest absolute Gasteiger partial charge is 0.419 e. The minimum Gasteiger partial charge on any atom is -0.490 e. The van der Waals surface area contributed by atoms with Gasteiger partial charge in [0.2, 0.25) is 0 Å². The Kier molecular flexibility index (Phi) is 4.88. The molecule has 0 spiro atoms. The van der Waals surface area contributed by atoms with Gasteiger partial charge in [-0.3, -0.25) is 0 Å². The molecule has 1 fully saturated rings. The van der Waals surface area contributed by atoms with Crippen molar-refractivity contribution >= 4 is 15.9 Å². The Bertz CT molecular complexity index is 500. The van der Waals surface area contributed by atoms with Crippen molar-refractivity contribution in [2.45, 2.75) is 49.9 Å². The summed E-state index contributed by atoms with van der Waals surface area (Å²) < 4.78 is 50.3. The molecular weight excluding hydrogens is 349 g/mol. The number of hydrogen-bond donors (Lipinski definition) is 0. The van der Waals surface area contributed by atoms with E-state index in [1.54, 1.807) is 6.07 Å². The van der Waals surface area contributed by atoms with E-state index in [1.165, 1.54) is 6.07 Å². The maximum absolute atomic E-state index is 13.1. The van der Waals surface area contributed by atoms with Gasteiger partial charge in [-0.05, 0) is 44.4 Å². The van der Waals surface area contributed by atoms with Gasteiger partial charge >= 0.3 is 6.18 Å². The average molecular weight is 367 g/mol. The molecule has 1 heterocycles. The van der Waals surface area contributed by atoms with Crippen LogP contribution in [0.2, 0.25) is 0 Å². The standard InChI is InChI=1S/C15H18BrF3O2/c1-14(2)6-5-11(21-14)9-20-13-4-3-10(8-16)7-12(13)15(17,18)19/h3-4,7,11H,5-6,8-9H2,1-2H3. The highest BCUT2D eigenvalue weighted by atomic mass is 79.9. The van der Waals surface area contributed by atoms with Crippen LogP contribution in [0.5, 0.6) is 5.75 Å². The lowest BCUT2D eigenvalue weighted by atomic mass is 10.1. The fraction of sp³-hybridized carbons (Fsp3) is 0.600. The molecule has 118 valence electrons. The Balaban J connectivity index is 2.09. The first-order valence-electron chi connectivity index (χ1n) is 6.78. The van der Waals surface area contributed by atoms with Crippen molar-refractivity contribution in [2.24, 2.45) is 0 Å². The molecule has 1 aliphatic rings. The molecule has 0 aliphatic carbocycles. The van der Waals surface area contributed by atoms with Gasteiger partial charge in [-0.15, -0.1) is 0 Å². The Morgan fingerprint density at radius 3 is 2.62 bits per heavy atom. The predicted octanol–water partition coefficient (Wildman–Crippen LogP) is 4.94. The van der Waals surface area contributed by atoms with Crippen LogP contribution < -0.4 is 4.74 Å². The van der Waals surface area contributed by atoms with Gasteiger partial charge in [-0.25, -0.2) is 0 Å². The van der Waals surface area contributed by atoms with Crippen molar-refractivity contribution in [1.82, 2.24) is 0 Å². The Morgan fingerprint density at radius 2 is 2.10 bits per heavy atom. The topological polar surface area (TPSA) is 18.5 Å². The lowest BCUT2D eigenvalue weighted by Crippen LogP contribution is -2.24. The highest BCUT2D eigenvalue weighted by molar-refractivity contribution is 9.08. The second kappa shape index (κ2) is 6.16. The Morgan fingerprint density at radius 1 is 1.38 bits per heavy atom. The summed E-state index contributed by atoms with van der Waals surface area (Å²) in [7, 11) is 0. The van der Waals surface area contributed by atoms with Crippen LogP contribution in [0.3, 0.4) is 0 Å². The van der Waals surface area contributed by atoms with Gasteiger partial charge in [0.1, 0.15) is 12.4 Å². The van der Waals surface area contributed by atoms with Gasteiger partial charge < -0.3 is 9.47 Å². The number of rotatable bonds is 4. The summed E-state index contributed by atoms with van der Waals surface area (Å²) in [5.41, 5.74) is -0.398. The molecule has 1 aromatic carbocycles. The summed E-state index contributed by atoms with van der Waals surface area (Å²) in [6.45, 7) is 4.08. The quantitative estimate of drug-likeness (QED) is 0.702. The van der Waals surface area contributed by atoms with E-state index in [4.69, 9.17) is 9.47 Å². The largest absolute Gasteiger partial charge is 0.490 e. The molecule has 1 unspecified atom stereocenters. The van der Waals surface area contributed by atoms with Gasteiger partial charge in [-0.1, -0.05) is 22.0 Å². The molecular formula is C15H18BrF3O2. The minimum atomic E-state index is -4.43. The van der Waals surface area contributed by atoms with Crippen LogP contribution in [0.4, 0.5) is 13.2 Å². The van der Waals surface area contributed by atoms with Crippen LogP contribution in [0, 0.1) is 0 Å². The van der Waals surface area contributed by atoms with Crippen molar-refractivity contribution in [3.05, 3.63) is 29.3 Å². The molecule has 2 rings (SSSR count). The fourth-order valence-electron chi connectivity index (χ4n) is 2.39. The normalized spacial score (nSPS) is 21.5. The Labute approximate surface area is 130 Å². The highest BCUT2D eigenvalue weighted by Gasteiger charge is 2.36. The molecule has 1 aliphatic heterocycles. The zero-order valence-electron chi connectivity index (χ0n) is 12.0. The van der Waals surface area contributed by atoms with Crippen molar-refractivity contribution in [3.63, 3.8) is 0 Å². The number of ether oxygens (including phenoxy) is 2. The maximum Gasteiger partial charge on any atom is 0.419 e. The monoisotopic (exact) mass is 366 g/mol. The number of halogens is 4. The molecule has 0 radical (unpaired) electrons. The van der Waals surface area contributed by atoms with Crippen LogP contribution in [-0.2, 0) is 16.2 Å². The van der Waals surface area contributed by atoms with Gasteiger partial charge in [0.05, 0.1) is 17.3 Å². The van der Waals surface area contributed by atoms with Crippen molar-refractivity contribution < 1.29 is 22.6 Å². The van der Waals surface area contributed by atoms with E-state index in [0.717, 1.165) is 18.9 Å². The van der Waals surface area contributed by atoms with Gasteiger partial charge in [-0.2, -0.15) is 13.2 Å². The molecule has 21 heavy (non-hydrogen) atoms. The van der Waals surface area contributed by atoms with Crippen molar-refractivity contribution in [2.75, 3.05) is 6.61 Å². The van der Waals surface area contributed by atoms with E-state index >= 15 is 0 Å². The number of alkyl halides is 4. The summed E-state index contributed by atoms with van der Waals surface area (Å²) in [5, 5.41) is 0.371. The van der Waals surface area contributed by atoms with Gasteiger partial charge in [0, 0.05) is 5.33 Å².